The van der Waals surface area contributed by atoms with E-state index in [2.05, 4.69) is 10.5 Å². The van der Waals surface area contributed by atoms with Crippen LogP contribution in [0.3, 0.4) is 0 Å². The van der Waals surface area contributed by atoms with Gasteiger partial charge in [-0.3, -0.25) is 9.59 Å². The maximum atomic E-state index is 12.4. The van der Waals surface area contributed by atoms with Crippen molar-refractivity contribution in [3.8, 4) is 0 Å². The summed E-state index contributed by atoms with van der Waals surface area (Å²) < 4.78 is 0. The molecule has 2 aromatic rings. The largest absolute Gasteiger partial charge is 0.506 e. The first-order valence-corrected chi connectivity index (χ1v) is 7.52. The quantitative estimate of drug-likeness (QED) is 0.671. The second-order valence-electron chi connectivity index (χ2n) is 5.49. The topological polar surface area (TPSA) is 78.8 Å². The van der Waals surface area contributed by atoms with Crippen LogP contribution in [0.15, 0.2) is 65.3 Å². The number of nitrogens with zero attached hydrogens (tertiary/aromatic N) is 1. The van der Waals surface area contributed by atoms with Crippen molar-refractivity contribution in [3.63, 3.8) is 0 Å². The fourth-order valence-corrected chi connectivity index (χ4v) is 2.62. The summed E-state index contributed by atoms with van der Waals surface area (Å²) in [6.07, 6.45) is 0.191. The monoisotopic (exact) mass is 320 g/mol. The number of benzene rings is 2. The number of carbonyl (C=O) groups is 2. The van der Waals surface area contributed by atoms with E-state index in [0.717, 1.165) is 5.56 Å². The van der Waals surface area contributed by atoms with E-state index in [1.165, 1.54) is 0 Å². The van der Waals surface area contributed by atoms with Crippen LogP contribution in [0.4, 0.5) is 0 Å². The molecule has 0 heterocycles. The van der Waals surface area contributed by atoms with Crippen molar-refractivity contribution < 1.29 is 14.7 Å². The number of aliphatic hydroxyl groups excluding tert-OH is 1. The third-order valence-corrected chi connectivity index (χ3v) is 3.81. The Morgan fingerprint density at radius 1 is 1.04 bits per heavy atom. The molecule has 5 nitrogen and oxygen atoms in total. The summed E-state index contributed by atoms with van der Waals surface area (Å²) in [5.74, 6) is -0.681. The Hall–Kier alpha value is -3.21. The molecule has 0 bridgehead atoms. The highest BCUT2D eigenvalue weighted by molar-refractivity contribution is 6.35. The fraction of sp³-hybridized carbons (Fsp3) is 0.105. The van der Waals surface area contributed by atoms with Gasteiger partial charge in [0.25, 0.3) is 0 Å². The Bertz CT molecular complexity index is 867. The van der Waals surface area contributed by atoms with Crippen LogP contribution in [0.1, 0.15) is 28.4 Å². The number of fused-ring (bicyclic) bond motifs is 1. The molecule has 120 valence electrons. The number of allylic oxidation sites excluding steroid dienone is 1. The molecule has 3 rings (SSSR count). The van der Waals surface area contributed by atoms with Crippen LogP contribution in [0.25, 0.3) is 5.76 Å². The summed E-state index contributed by atoms with van der Waals surface area (Å²) in [4.78, 5) is 24.3. The van der Waals surface area contributed by atoms with E-state index in [0.29, 0.717) is 11.1 Å². The minimum atomic E-state index is -0.290. The number of hydrogen-bond acceptors (Lipinski definition) is 4. The van der Waals surface area contributed by atoms with Gasteiger partial charge in [0.05, 0.1) is 17.7 Å². The predicted octanol–water partition coefficient (Wildman–Crippen LogP) is 2.89. The summed E-state index contributed by atoms with van der Waals surface area (Å²) in [5.41, 5.74) is 4.62. The average Bonchev–Trinajstić information content (AvgIpc) is 2.85. The number of hydrogen-bond donors (Lipinski definition) is 2. The Balaban J connectivity index is 1.74. The normalized spacial score (nSPS) is 13.9. The first kappa shape index (κ1) is 15.7. The number of aliphatic hydroxyl groups is 1. The SMILES string of the molecule is C/C(=N/NC(=O)Cc1ccccc1)C1=C(O)c2ccccc2C1=O. The van der Waals surface area contributed by atoms with Gasteiger partial charge in [0, 0.05) is 11.1 Å². The van der Waals surface area contributed by atoms with Crippen LogP contribution in [0.2, 0.25) is 0 Å². The van der Waals surface area contributed by atoms with Crippen molar-refractivity contribution >= 4 is 23.2 Å². The number of Topliss-reactive ketones (excluding diaryl/α,β-unsaturated/α-hetero) is 1. The van der Waals surface area contributed by atoms with Crippen LogP contribution in [-0.4, -0.2) is 22.5 Å². The van der Waals surface area contributed by atoms with Gasteiger partial charge in [-0.1, -0.05) is 54.6 Å². The van der Waals surface area contributed by atoms with E-state index >= 15 is 0 Å². The minimum absolute atomic E-state index is 0.103. The lowest BCUT2D eigenvalue weighted by molar-refractivity contribution is -0.120. The van der Waals surface area contributed by atoms with E-state index in [4.69, 9.17) is 0 Å². The molecule has 0 saturated carbocycles. The molecule has 0 atom stereocenters. The van der Waals surface area contributed by atoms with Crippen molar-refractivity contribution in [3.05, 3.63) is 76.9 Å². The highest BCUT2D eigenvalue weighted by Gasteiger charge is 2.31. The van der Waals surface area contributed by atoms with Crippen LogP contribution in [0.5, 0.6) is 0 Å². The number of carbonyl (C=O) groups excluding carboxylic acids is 2. The van der Waals surface area contributed by atoms with E-state index in [1.54, 1.807) is 31.2 Å². The number of amides is 1. The molecule has 0 aromatic heterocycles. The molecule has 24 heavy (non-hydrogen) atoms. The van der Waals surface area contributed by atoms with Gasteiger partial charge in [0.1, 0.15) is 5.76 Å². The highest BCUT2D eigenvalue weighted by atomic mass is 16.3. The summed E-state index contributed by atoms with van der Waals surface area (Å²) in [6.45, 7) is 1.58. The molecule has 2 N–H and O–H groups in total. The van der Waals surface area contributed by atoms with E-state index < -0.39 is 0 Å². The summed E-state index contributed by atoms with van der Waals surface area (Å²) in [7, 11) is 0. The van der Waals surface area contributed by atoms with Crippen LogP contribution in [-0.2, 0) is 11.2 Å². The lowest BCUT2D eigenvalue weighted by Gasteiger charge is -2.04. The first-order chi connectivity index (χ1) is 11.6. The van der Waals surface area contributed by atoms with Crippen molar-refractivity contribution in [1.82, 2.24) is 5.43 Å². The van der Waals surface area contributed by atoms with Crippen LogP contribution >= 0.6 is 0 Å². The van der Waals surface area contributed by atoms with Gasteiger partial charge < -0.3 is 5.11 Å². The van der Waals surface area contributed by atoms with Gasteiger partial charge in [0.15, 0.2) is 5.78 Å². The Morgan fingerprint density at radius 3 is 2.33 bits per heavy atom. The highest BCUT2D eigenvalue weighted by Crippen LogP contribution is 2.31. The van der Waals surface area contributed by atoms with Crippen LogP contribution < -0.4 is 5.43 Å². The molecule has 0 aliphatic heterocycles. The molecule has 2 aromatic carbocycles. The lowest BCUT2D eigenvalue weighted by Crippen LogP contribution is -2.22. The van der Waals surface area contributed by atoms with Crippen LogP contribution in [0, 0.1) is 0 Å². The van der Waals surface area contributed by atoms with Gasteiger partial charge in [-0.15, -0.1) is 0 Å². The standard InChI is InChI=1S/C19H16N2O3/c1-12(20-21-16(22)11-13-7-3-2-4-8-13)17-18(23)14-9-5-6-10-15(14)19(17)24/h2-10,23H,11H2,1H3,(H,21,22)/b20-12-. The number of rotatable bonds is 4. The van der Waals surface area contributed by atoms with E-state index in [9.17, 15) is 14.7 Å². The van der Waals surface area contributed by atoms with E-state index in [1.807, 2.05) is 30.3 Å². The molecule has 0 unspecified atom stereocenters. The van der Waals surface area contributed by atoms with E-state index in [-0.39, 0.29) is 35.2 Å². The Morgan fingerprint density at radius 2 is 1.67 bits per heavy atom. The van der Waals surface area contributed by atoms with Gasteiger partial charge in [-0.2, -0.15) is 5.10 Å². The third kappa shape index (κ3) is 2.96. The maximum absolute atomic E-state index is 12.4. The van der Waals surface area contributed by atoms with Crippen molar-refractivity contribution in [2.75, 3.05) is 0 Å². The van der Waals surface area contributed by atoms with Gasteiger partial charge >= 0.3 is 0 Å². The molecule has 0 radical (unpaired) electrons. The van der Waals surface area contributed by atoms with Crippen molar-refractivity contribution in [1.29, 1.82) is 0 Å². The van der Waals surface area contributed by atoms with Gasteiger partial charge in [0.2, 0.25) is 5.91 Å². The van der Waals surface area contributed by atoms with Crippen molar-refractivity contribution in [2.24, 2.45) is 5.10 Å². The minimum Gasteiger partial charge on any atom is -0.506 e. The lowest BCUT2D eigenvalue weighted by atomic mass is 10.1. The third-order valence-electron chi connectivity index (χ3n) is 3.81. The number of hydrazone groups is 1. The predicted molar refractivity (Wildman–Crippen MR) is 91.7 cm³/mol. The molecular weight excluding hydrogens is 304 g/mol. The molecular formula is C19H16N2O3. The molecule has 5 heteroatoms. The second-order valence-corrected chi connectivity index (χ2v) is 5.49. The zero-order valence-electron chi connectivity index (χ0n) is 13.1. The zero-order chi connectivity index (χ0) is 17.1. The first-order valence-electron chi connectivity index (χ1n) is 7.52. The molecule has 0 fully saturated rings. The summed E-state index contributed by atoms with van der Waals surface area (Å²) in [6, 6.07) is 16.1. The molecule has 1 aliphatic rings. The smallest absolute Gasteiger partial charge is 0.244 e. The molecule has 1 aliphatic carbocycles. The number of ketones is 1. The van der Waals surface area contributed by atoms with Crippen molar-refractivity contribution in [2.45, 2.75) is 13.3 Å². The molecule has 0 saturated heterocycles. The Labute approximate surface area is 139 Å². The number of nitrogens with one attached hydrogen (secondary N) is 1. The molecule has 0 spiro atoms. The zero-order valence-corrected chi connectivity index (χ0v) is 13.1. The summed E-state index contributed by atoms with van der Waals surface area (Å²) in [5, 5.41) is 14.2. The maximum Gasteiger partial charge on any atom is 0.244 e. The summed E-state index contributed by atoms with van der Waals surface area (Å²) >= 11 is 0. The Kier molecular flexibility index (Phi) is 4.24. The second kappa shape index (κ2) is 6.50. The fourth-order valence-electron chi connectivity index (χ4n) is 2.62. The van der Waals surface area contributed by atoms with Gasteiger partial charge in [-0.25, -0.2) is 5.43 Å². The van der Waals surface area contributed by atoms with Gasteiger partial charge in [-0.05, 0) is 12.5 Å². The molecule has 1 amide bonds. The average molecular weight is 320 g/mol.